The smallest absolute Gasteiger partial charge is 0.00823 e. The summed E-state index contributed by atoms with van der Waals surface area (Å²) in [6, 6.07) is 2.31. The molecule has 0 radical (unpaired) electrons. The standard InChI is InChI=1S/C17H34N2/c1-14(2)19-12-5-8-17(11-13-19)18-16-7-4-6-15(3)9-10-16/h14-18H,4-13H2,1-3H3. The molecular formula is C17H34N2. The second-order valence-electron chi connectivity index (χ2n) is 7.23. The minimum atomic E-state index is 0.720. The average molecular weight is 266 g/mol. The maximum atomic E-state index is 3.99. The van der Waals surface area contributed by atoms with E-state index in [2.05, 4.69) is 31.0 Å². The summed E-state index contributed by atoms with van der Waals surface area (Å²) in [6.45, 7) is 9.69. The van der Waals surface area contributed by atoms with Gasteiger partial charge in [0.05, 0.1) is 0 Å². The van der Waals surface area contributed by atoms with Crippen molar-refractivity contribution >= 4 is 0 Å². The maximum absolute atomic E-state index is 3.99. The minimum absolute atomic E-state index is 0.720. The first-order valence-electron chi connectivity index (χ1n) is 8.65. The van der Waals surface area contributed by atoms with Crippen LogP contribution in [0, 0.1) is 5.92 Å². The molecule has 19 heavy (non-hydrogen) atoms. The van der Waals surface area contributed by atoms with Crippen LogP contribution in [0.3, 0.4) is 0 Å². The van der Waals surface area contributed by atoms with Crippen LogP contribution in [0.4, 0.5) is 0 Å². The Bertz CT molecular complexity index is 252. The first-order chi connectivity index (χ1) is 9.15. The van der Waals surface area contributed by atoms with Gasteiger partial charge in [0.2, 0.25) is 0 Å². The molecule has 0 amide bonds. The summed E-state index contributed by atoms with van der Waals surface area (Å²) in [6.07, 6.45) is 11.2. The van der Waals surface area contributed by atoms with Crippen molar-refractivity contribution < 1.29 is 0 Å². The molecule has 1 N–H and O–H groups in total. The molecule has 1 aliphatic heterocycles. The van der Waals surface area contributed by atoms with Crippen molar-refractivity contribution in [3.05, 3.63) is 0 Å². The highest BCUT2D eigenvalue weighted by Crippen LogP contribution is 2.24. The van der Waals surface area contributed by atoms with Gasteiger partial charge in [-0.1, -0.05) is 19.8 Å². The Morgan fingerprint density at radius 3 is 2.37 bits per heavy atom. The Labute approximate surface area is 120 Å². The van der Waals surface area contributed by atoms with E-state index < -0.39 is 0 Å². The zero-order valence-electron chi connectivity index (χ0n) is 13.3. The van der Waals surface area contributed by atoms with E-state index in [1.54, 1.807) is 0 Å². The lowest BCUT2D eigenvalue weighted by Gasteiger charge is -2.26. The fourth-order valence-corrected chi connectivity index (χ4v) is 3.79. The van der Waals surface area contributed by atoms with E-state index in [9.17, 15) is 0 Å². The molecule has 1 aliphatic carbocycles. The molecule has 0 spiro atoms. The molecule has 0 bridgehead atoms. The summed E-state index contributed by atoms with van der Waals surface area (Å²) in [5.41, 5.74) is 0. The largest absolute Gasteiger partial charge is 0.311 e. The first kappa shape index (κ1) is 15.3. The van der Waals surface area contributed by atoms with E-state index in [1.165, 1.54) is 64.5 Å². The minimum Gasteiger partial charge on any atom is -0.311 e. The zero-order chi connectivity index (χ0) is 13.7. The Morgan fingerprint density at radius 2 is 1.58 bits per heavy atom. The second kappa shape index (κ2) is 7.64. The van der Waals surface area contributed by atoms with Crippen LogP contribution in [-0.4, -0.2) is 36.1 Å². The number of hydrogen-bond acceptors (Lipinski definition) is 2. The number of nitrogens with zero attached hydrogens (tertiary/aromatic N) is 1. The lowest BCUT2D eigenvalue weighted by molar-refractivity contribution is 0.228. The highest BCUT2D eigenvalue weighted by molar-refractivity contribution is 4.81. The number of hydrogen-bond donors (Lipinski definition) is 1. The highest BCUT2D eigenvalue weighted by atomic mass is 15.1. The third kappa shape index (κ3) is 5.07. The third-order valence-electron chi connectivity index (χ3n) is 5.22. The average Bonchev–Trinajstić information content (AvgIpc) is 2.71. The van der Waals surface area contributed by atoms with Crippen molar-refractivity contribution in [3.63, 3.8) is 0 Å². The van der Waals surface area contributed by atoms with E-state index in [-0.39, 0.29) is 0 Å². The van der Waals surface area contributed by atoms with Gasteiger partial charge in [-0.3, -0.25) is 0 Å². The molecule has 2 rings (SSSR count). The summed E-state index contributed by atoms with van der Waals surface area (Å²) in [4.78, 5) is 2.65. The van der Waals surface area contributed by atoms with Gasteiger partial charge in [0.1, 0.15) is 0 Å². The molecular weight excluding hydrogens is 232 g/mol. The molecule has 1 saturated carbocycles. The molecule has 1 saturated heterocycles. The van der Waals surface area contributed by atoms with E-state index in [0.29, 0.717) is 0 Å². The van der Waals surface area contributed by atoms with Crippen LogP contribution in [-0.2, 0) is 0 Å². The number of rotatable bonds is 3. The molecule has 2 nitrogen and oxygen atoms in total. The van der Waals surface area contributed by atoms with Gasteiger partial charge in [0, 0.05) is 18.1 Å². The summed E-state index contributed by atoms with van der Waals surface area (Å²) < 4.78 is 0. The van der Waals surface area contributed by atoms with Gasteiger partial charge in [0.25, 0.3) is 0 Å². The summed E-state index contributed by atoms with van der Waals surface area (Å²) in [5.74, 6) is 0.956. The Balaban J connectivity index is 1.76. The quantitative estimate of drug-likeness (QED) is 0.782. The Morgan fingerprint density at radius 1 is 0.842 bits per heavy atom. The first-order valence-corrected chi connectivity index (χ1v) is 8.65. The molecule has 2 aliphatic rings. The van der Waals surface area contributed by atoms with Gasteiger partial charge in [-0.2, -0.15) is 0 Å². The van der Waals surface area contributed by atoms with Crippen molar-refractivity contribution in [2.45, 2.75) is 90.3 Å². The predicted octanol–water partition coefficient (Wildman–Crippen LogP) is 3.81. The SMILES string of the molecule is CC1CCCC(NC2CCCN(C(C)C)CC2)CC1. The van der Waals surface area contributed by atoms with Crippen LogP contribution in [0.2, 0.25) is 0 Å². The molecule has 1 heterocycles. The van der Waals surface area contributed by atoms with Gasteiger partial charge in [0.15, 0.2) is 0 Å². The molecule has 3 atom stereocenters. The van der Waals surface area contributed by atoms with Crippen molar-refractivity contribution in [1.29, 1.82) is 0 Å². The van der Waals surface area contributed by atoms with E-state index in [1.807, 2.05) is 0 Å². The van der Waals surface area contributed by atoms with E-state index in [0.717, 1.165) is 24.0 Å². The Hall–Kier alpha value is -0.0800. The van der Waals surface area contributed by atoms with E-state index in [4.69, 9.17) is 0 Å². The highest BCUT2D eigenvalue weighted by Gasteiger charge is 2.22. The zero-order valence-corrected chi connectivity index (χ0v) is 13.3. The second-order valence-corrected chi connectivity index (χ2v) is 7.23. The normalized spacial score (nSPS) is 35.1. The van der Waals surface area contributed by atoms with Gasteiger partial charge < -0.3 is 10.2 Å². The molecule has 3 unspecified atom stereocenters. The molecule has 0 aromatic heterocycles. The third-order valence-corrected chi connectivity index (χ3v) is 5.22. The fraction of sp³-hybridized carbons (Fsp3) is 1.00. The lowest BCUT2D eigenvalue weighted by atomic mass is 10.0. The van der Waals surface area contributed by atoms with Crippen LogP contribution in [0.1, 0.15) is 72.1 Å². The molecule has 112 valence electrons. The van der Waals surface area contributed by atoms with Crippen LogP contribution < -0.4 is 5.32 Å². The van der Waals surface area contributed by atoms with Gasteiger partial charge >= 0.3 is 0 Å². The van der Waals surface area contributed by atoms with Gasteiger partial charge in [-0.15, -0.1) is 0 Å². The van der Waals surface area contributed by atoms with E-state index >= 15 is 0 Å². The summed E-state index contributed by atoms with van der Waals surface area (Å²) >= 11 is 0. The van der Waals surface area contributed by atoms with Crippen molar-refractivity contribution in [3.8, 4) is 0 Å². The summed E-state index contributed by atoms with van der Waals surface area (Å²) in [5, 5.41) is 3.99. The van der Waals surface area contributed by atoms with Gasteiger partial charge in [-0.05, 0) is 71.4 Å². The topological polar surface area (TPSA) is 15.3 Å². The molecule has 0 aromatic rings. The maximum Gasteiger partial charge on any atom is 0.00823 e. The molecule has 2 heteroatoms. The Kier molecular flexibility index (Phi) is 6.15. The molecule has 2 fully saturated rings. The van der Waals surface area contributed by atoms with Gasteiger partial charge in [-0.25, -0.2) is 0 Å². The lowest BCUT2D eigenvalue weighted by Crippen LogP contribution is -2.39. The fourth-order valence-electron chi connectivity index (χ4n) is 3.79. The van der Waals surface area contributed by atoms with Crippen LogP contribution >= 0.6 is 0 Å². The van der Waals surface area contributed by atoms with Crippen LogP contribution in [0.5, 0.6) is 0 Å². The van der Waals surface area contributed by atoms with Crippen LogP contribution in [0.25, 0.3) is 0 Å². The van der Waals surface area contributed by atoms with Crippen molar-refractivity contribution in [2.24, 2.45) is 5.92 Å². The van der Waals surface area contributed by atoms with Crippen molar-refractivity contribution in [1.82, 2.24) is 10.2 Å². The summed E-state index contributed by atoms with van der Waals surface area (Å²) in [7, 11) is 0. The van der Waals surface area contributed by atoms with Crippen LogP contribution in [0.15, 0.2) is 0 Å². The monoisotopic (exact) mass is 266 g/mol. The number of likely N-dealkylation sites (tertiary alicyclic amines) is 1. The van der Waals surface area contributed by atoms with Crippen molar-refractivity contribution in [2.75, 3.05) is 13.1 Å². The number of nitrogens with one attached hydrogen (secondary N) is 1. The molecule has 0 aromatic carbocycles. The predicted molar refractivity (Wildman–Crippen MR) is 83.5 cm³/mol.